The number of carbonyl (C=O) groups excluding carboxylic acids is 2. The normalized spacial score (nSPS) is 14.5. The lowest BCUT2D eigenvalue weighted by Crippen LogP contribution is -2.31. The van der Waals surface area contributed by atoms with Gasteiger partial charge in [0, 0.05) is 19.2 Å². The Kier molecular flexibility index (Phi) is 5.93. The van der Waals surface area contributed by atoms with E-state index in [4.69, 9.17) is 9.15 Å². The van der Waals surface area contributed by atoms with Crippen molar-refractivity contribution in [2.45, 2.75) is 25.8 Å². The van der Waals surface area contributed by atoms with Crippen molar-refractivity contribution in [3.63, 3.8) is 0 Å². The second-order valence-electron chi connectivity index (χ2n) is 6.54. The molecular weight excluding hydrogens is 366 g/mol. The van der Waals surface area contributed by atoms with E-state index in [9.17, 15) is 19.7 Å². The van der Waals surface area contributed by atoms with Gasteiger partial charge in [0.1, 0.15) is 11.4 Å². The van der Waals surface area contributed by atoms with Gasteiger partial charge in [-0.2, -0.15) is 0 Å². The summed E-state index contributed by atoms with van der Waals surface area (Å²) < 4.78 is 10.2. The maximum absolute atomic E-state index is 12.2. The molecule has 0 bridgehead atoms. The molecule has 1 atom stereocenters. The van der Waals surface area contributed by atoms with Crippen LogP contribution in [0.4, 0.5) is 11.4 Å². The van der Waals surface area contributed by atoms with Gasteiger partial charge in [-0.1, -0.05) is 0 Å². The third-order valence-electron chi connectivity index (χ3n) is 4.54. The highest BCUT2D eigenvalue weighted by atomic mass is 16.6. The number of furan rings is 1. The minimum absolute atomic E-state index is 0.0292. The third kappa shape index (κ3) is 4.48. The Labute approximate surface area is 161 Å². The lowest BCUT2D eigenvalue weighted by molar-refractivity contribution is -0.384. The Hall–Kier alpha value is -3.36. The first-order valence-corrected chi connectivity index (χ1v) is 8.99. The van der Waals surface area contributed by atoms with Crippen LogP contribution >= 0.6 is 0 Å². The second-order valence-corrected chi connectivity index (χ2v) is 6.54. The number of esters is 1. The summed E-state index contributed by atoms with van der Waals surface area (Å²) in [5.41, 5.74) is 0.373. The van der Waals surface area contributed by atoms with Crippen molar-refractivity contribution in [1.82, 2.24) is 5.32 Å². The van der Waals surface area contributed by atoms with E-state index in [2.05, 4.69) is 5.32 Å². The molecule has 0 radical (unpaired) electrons. The Bertz CT molecular complexity index is 859. The lowest BCUT2D eigenvalue weighted by atomic mass is 10.1. The van der Waals surface area contributed by atoms with Crippen LogP contribution in [0, 0.1) is 10.1 Å². The number of nitro benzene ring substituents is 1. The van der Waals surface area contributed by atoms with Gasteiger partial charge in [-0.15, -0.1) is 0 Å². The molecule has 0 spiro atoms. The standard InChI is InChI=1S/C19H21N3O6/c1-13(17-5-4-10-27-17)20-18(23)12-28-19(24)14-6-7-15(16(11-14)22(25)26)21-8-2-3-9-21/h4-7,10-11,13H,2-3,8-9,12H2,1H3,(H,20,23)/t13-/m0/s1. The minimum atomic E-state index is -0.795. The van der Waals surface area contributed by atoms with Crippen LogP contribution in [-0.2, 0) is 9.53 Å². The molecule has 2 heterocycles. The van der Waals surface area contributed by atoms with Gasteiger partial charge in [-0.3, -0.25) is 14.9 Å². The van der Waals surface area contributed by atoms with Gasteiger partial charge in [-0.05, 0) is 44.0 Å². The Morgan fingerprint density at radius 2 is 2.07 bits per heavy atom. The van der Waals surface area contributed by atoms with Crippen LogP contribution in [-0.4, -0.2) is 36.5 Å². The third-order valence-corrected chi connectivity index (χ3v) is 4.54. The van der Waals surface area contributed by atoms with Crippen molar-refractivity contribution in [3.05, 3.63) is 58.0 Å². The summed E-state index contributed by atoms with van der Waals surface area (Å²) in [6.45, 7) is 2.74. The number of rotatable bonds is 7. The average Bonchev–Trinajstić information content (AvgIpc) is 3.39. The largest absolute Gasteiger partial charge is 0.467 e. The van der Waals surface area contributed by atoms with Crippen molar-refractivity contribution in [2.24, 2.45) is 0 Å². The molecule has 1 amide bonds. The zero-order valence-corrected chi connectivity index (χ0v) is 15.4. The molecule has 1 saturated heterocycles. The van der Waals surface area contributed by atoms with Crippen molar-refractivity contribution in [1.29, 1.82) is 0 Å². The maximum atomic E-state index is 12.2. The number of nitrogens with one attached hydrogen (secondary N) is 1. The van der Waals surface area contributed by atoms with E-state index in [-0.39, 0.29) is 17.3 Å². The van der Waals surface area contributed by atoms with E-state index >= 15 is 0 Å². The topological polar surface area (TPSA) is 115 Å². The second kappa shape index (κ2) is 8.55. The molecule has 1 fully saturated rings. The summed E-state index contributed by atoms with van der Waals surface area (Å²) in [6, 6.07) is 7.28. The van der Waals surface area contributed by atoms with Gasteiger partial charge in [0.15, 0.2) is 6.61 Å². The Morgan fingerprint density at radius 3 is 2.71 bits per heavy atom. The van der Waals surface area contributed by atoms with Crippen LogP contribution in [0.3, 0.4) is 0 Å². The highest BCUT2D eigenvalue weighted by Gasteiger charge is 2.24. The van der Waals surface area contributed by atoms with E-state index in [0.29, 0.717) is 11.4 Å². The van der Waals surface area contributed by atoms with E-state index in [1.165, 1.54) is 18.4 Å². The number of ether oxygens (including phenoxy) is 1. The van der Waals surface area contributed by atoms with E-state index in [0.717, 1.165) is 25.9 Å². The number of hydrogen-bond donors (Lipinski definition) is 1. The zero-order valence-electron chi connectivity index (χ0n) is 15.4. The van der Waals surface area contributed by atoms with Gasteiger partial charge in [-0.25, -0.2) is 4.79 Å². The monoisotopic (exact) mass is 387 g/mol. The molecule has 9 nitrogen and oxygen atoms in total. The molecule has 2 aromatic rings. The number of hydrogen-bond acceptors (Lipinski definition) is 7. The molecule has 3 rings (SSSR count). The summed E-state index contributed by atoms with van der Waals surface area (Å²) in [7, 11) is 0. The van der Waals surface area contributed by atoms with Crippen LogP contribution in [0.1, 0.15) is 41.9 Å². The summed E-state index contributed by atoms with van der Waals surface area (Å²) in [4.78, 5) is 37.0. The Balaban J connectivity index is 1.61. The number of carbonyl (C=O) groups is 2. The van der Waals surface area contributed by atoms with Gasteiger partial charge in [0.25, 0.3) is 11.6 Å². The molecule has 1 N–H and O–H groups in total. The van der Waals surface area contributed by atoms with Crippen LogP contribution in [0.25, 0.3) is 0 Å². The lowest BCUT2D eigenvalue weighted by Gasteiger charge is -2.17. The van der Waals surface area contributed by atoms with Crippen LogP contribution in [0.2, 0.25) is 0 Å². The van der Waals surface area contributed by atoms with Gasteiger partial charge < -0.3 is 19.4 Å². The molecule has 148 valence electrons. The predicted octanol–water partition coefficient (Wildman–Crippen LogP) is 2.82. The number of nitro groups is 1. The fourth-order valence-electron chi connectivity index (χ4n) is 3.13. The average molecular weight is 387 g/mol. The first-order chi connectivity index (χ1) is 13.5. The maximum Gasteiger partial charge on any atom is 0.338 e. The van der Waals surface area contributed by atoms with Gasteiger partial charge >= 0.3 is 5.97 Å². The molecule has 1 aromatic carbocycles. The van der Waals surface area contributed by atoms with E-state index < -0.39 is 23.4 Å². The summed E-state index contributed by atoms with van der Waals surface area (Å²) >= 11 is 0. The summed E-state index contributed by atoms with van der Waals surface area (Å²) in [6.07, 6.45) is 3.45. The fraction of sp³-hybridized carbons (Fsp3) is 0.368. The highest BCUT2D eigenvalue weighted by molar-refractivity contribution is 5.93. The molecule has 1 aliphatic rings. The van der Waals surface area contributed by atoms with Crippen molar-refractivity contribution in [2.75, 3.05) is 24.6 Å². The van der Waals surface area contributed by atoms with E-state index in [1.807, 2.05) is 4.90 Å². The smallest absolute Gasteiger partial charge is 0.338 e. The van der Waals surface area contributed by atoms with Gasteiger partial charge in [0.2, 0.25) is 0 Å². The number of nitrogens with zero attached hydrogens (tertiary/aromatic N) is 2. The van der Waals surface area contributed by atoms with Crippen molar-refractivity contribution >= 4 is 23.3 Å². The Morgan fingerprint density at radius 1 is 1.32 bits per heavy atom. The number of anilines is 1. The first-order valence-electron chi connectivity index (χ1n) is 8.99. The van der Waals surface area contributed by atoms with Crippen LogP contribution in [0.15, 0.2) is 41.0 Å². The molecule has 1 aliphatic heterocycles. The molecule has 9 heteroatoms. The van der Waals surface area contributed by atoms with Crippen molar-refractivity contribution < 1.29 is 23.7 Å². The molecule has 0 saturated carbocycles. The quantitative estimate of drug-likeness (QED) is 0.441. The fourth-order valence-corrected chi connectivity index (χ4v) is 3.13. The number of benzene rings is 1. The van der Waals surface area contributed by atoms with Gasteiger partial charge in [0.05, 0.1) is 22.8 Å². The summed E-state index contributed by atoms with van der Waals surface area (Å²) in [5, 5.41) is 14.0. The zero-order chi connectivity index (χ0) is 20.1. The molecule has 28 heavy (non-hydrogen) atoms. The molecule has 0 aliphatic carbocycles. The molecule has 1 aromatic heterocycles. The SMILES string of the molecule is C[C@H](NC(=O)COC(=O)c1ccc(N2CCCC2)c([N+](=O)[O-])c1)c1ccco1. The van der Waals surface area contributed by atoms with Crippen LogP contribution < -0.4 is 10.2 Å². The molecule has 0 unspecified atom stereocenters. The van der Waals surface area contributed by atoms with Crippen LogP contribution in [0.5, 0.6) is 0 Å². The predicted molar refractivity (Wildman–Crippen MR) is 100 cm³/mol. The van der Waals surface area contributed by atoms with Crippen molar-refractivity contribution in [3.8, 4) is 0 Å². The molecular formula is C19H21N3O6. The first kappa shape index (κ1) is 19.4. The number of amides is 1. The minimum Gasteiger partial charge on any atom is -0.467 e. The summed E-state index contributed by atoms with van der Waals surface area (Å²) in [5.74, 6) is -0.717. The highest BCUT2D eigenvalue weighted by Crippen LogP contribution is 2.31. The van der Waals surface area contributed by atoms with E-state index in [1.54, 1.807) is 25.1 Å².